The predicted molar refractivity (Wildman–Crippen MR) is 62.3 cm³/mol. The molecule has 0 saturated heterocycles. The van der Waals surface area contributed by atoms with Gasteiger partial charge in [0.25, 0.3) is 0 Å². The highest BCUT2D eigenvalue weighted by Gasteiger charge is 2.19. The molecule has 0 fully saturated rings. The minimum Gasteiger partial charge on any atom is -0.430 e. The van der Waals surface area contributed by atoms with Crippen molar-refractivity contribution in [1.82, 2.24) is 0 Å². The van der Waals surface area contributed by atoms with Crippen molar-refractivity contribution in [3.8, 4) is 0 Å². The summed E-state index contributed by atoms with van der Waals surface area (Å²) in [6, 6.07) is 0. The van der Waals surface area contributed by atoms with E-state index in [4.69, 9.17) is 21.1 Å². The molecule has 3 unspecified atom stereocenters. The molecule has 5 heteroatoms. The molecule has 0 radical (unpaired) electrons. The van der Waals surface area contributed by atoms with Gasteiger partial charge < -0.3 is 14.6 Å². The van der Waals surface area contributed by atoms with Gasteiger partial charge in [0.05, 0.1) is 6.61 Å². The van der Waals surface area contributed by atoms with Crippen LogP contribution in [0.15, 0.2) is 12.2 Å². The monoisotopic (exact) mass is 250 g/mol. The number of allylic oxidation sites excluding steroid dienone is 1. The summed E-state index contributed by atoms with van der Waals surface area (Å²) in [5.41, 5.74) is 0. The van der Waals surface area contributed by atoms with Gasteiger partial charge in [-0.2, -0.15) is 0 Å². The summed E-state index contributed by atoms with van der Waals surface area (Å²) in [6.07, 6.45) is 1.64. The summed E-state index contributed by atoms with van der Waals surface area (Å²) in [6.45, 7) is 5.38. The number of alkyl halides is 1. The third kappa shape index (κ3) is 7.68. The lowest BCUT2D eigenvalue weighted by molar-refractivity contribution is -0.196. The molecule has 0 heterocycles. The van der Waals surface area contributed by atoms with Crippen LogP contribution in [0.25, 0.3) is 0 Å². The maximum Gasteiger partial charge on any atom is 0.332 e. The average Bonchev–Trinajstić information content (AvgIpc) is 2.15. The number of rotatable bonds is 7. The van der Waals surface area contributed by atoms with E-state index in [0.717, 1.165) is 0 Å². The molecule has 0 aliphatic heterocycles. The fourth-order valence-corrected chi connectivity index (χ4v) is 0.997. The molecular formula is C11H19ClO4. The van der Waals surface area contributed by atoms with E-state index in [2.05, 4.69) is 0 Å². The van der Waals surface area contributed by atoms with E-state index in [9.17, 15) is 9.90 Å². The molecule has 0 bridgehead atoms. The Bertz CT molecular complexity index is 226. The van der Waals surface area contributed by atoms with Crippen molar-refractivity contribution < 1.29 is 19.4 Å². The maximum atomic E-state index is 11.1. The molecule has 0 aliphatic carbocycles. The van der Waals surface area contributed by atoms with E-state index in [-0.39, 0.29) is 5.38 Å². The highest BCUT2D eigenvalue weighted by molar-refractivity contribution is 6.20. The van der Waals surface area contributed by atoms with E-state index in [1.165, 1.54) is 13.0 Å². The molecule has 0 aromatic rings. The lowest BCUT2D eigenvalue weighted by atomic mass is 10.3. The summed E-state index contributed by atoms with van der Waals surface area (Å²) in [5, 5.41) is 9.32. The Kier molecular flexibility index (Phi) is 8.25. The summed E-state index contributed by atoms with van der Waals surface area (Å²) >= 11 is 5.73. The molecule has 4 nitrogen and oxygen atoms in total. The van der Waals surface area contributed by atoms with Gasteiger partial charge in [0.1, 0.15) is 6.10 Å². The van der Waals surface area contributed by atoms with E-state index in [0.29, 0.717) is 13.0 Å². The number of hydrogen-bond donors (Lipinski definition) is 1. The minimum absolute atomic E-state index is 0.0131. The van der Waals surface area contributed by atoms with E-state index in [1.807, 2.05) is 6.92 Å². The van der Waals surface area contributed by atoms with Crippen molar-refractivity contribution in [3.05, 3.63) is 12.2 Å². The first-order chi connectivity index (χ1) is 7.47. The topological polar surface area (TPSA) is 55.8 Å². The molecule has 1 N–H and O–H groups in total. The van der Waals surface area contributed by atoms with Gasteiger partial charge in [-0.25, -0.2) is 4.79 Å². The first kappa shape index (κ1) is 15.4. The predicted octanol–water partition coefficient (Wildman–Crippen LogP) is 1.85. The lowest BCUT2D eigenvalue weighted by Gasteiger charge is -2.20. The molecule has 0 amide bonds. The fraction of sp³-hybridized carbons (Fsp3) is 0.727. The summed E-state index contributed by atoms with van der Waals surface area (Å²) in [5.74, 6) is -0.535. The van der Waals surface area contributed by atoms with Gasteiger partial charge >= 0.3 is 5.97 Å². The minimum atomic E-state index is -0.945. The van der Waals surface area contributed by atoms with Gasteiger partial charge in [-0.3, -0.25) is 0 Å². The van der Waals surface area contributed by atoms with Gasteiger partial charge in [-0.1, -0.05) is 6.08 Å². The Hall–Kier alpha value is -0.580. The zero-order valence-electron chi connectivity index (χ0n) is 9.85. The van der Waals surface area contributed by atoms with Gasteiger partial charge in [0.2, 0.25) is 6.29 Å². The molecule has 0 aliphatic rings. The number of halogens is 1. The van der Waals surface area contributed by atoms with Gasteiger partial charge in [0.15, 0.2) is 0 Å². The maximum absolute atomic E-state index is 11.1. The number of ether oxygens (including phenoxy) is 2. The largest absolute Gasteiger partial charge is 0.430 e. The molecular weight excluding hydrogens is 232 g/mol. The van der Waals surface area contributed by atoms with Crippen molar-refractivity contribution in [1.29, 1.82) is 0 Å². The Labute approximate surface area is 101 Å². The van der Waals surface area contributed by atoms with Crippen molar-refractivity contribution in [2.75, 3.05) is 6.61 Å². The molecule has 0 spiro atoms. The second kappa shape index (κ2) is 8.56. The molecule has 0 saturated carbocycles. The fourth-order valence-electron chi connectivity index (χ4n) is 0.908. The zero-order chi connectivity index (χ0) is 12.6. The number of carbonyl (C=O) groups excluding carboxylic acids is 1. The van der Waals surface area contributed by atoms with Crippen LogP contribution in [0, 0.1) is 0 Å². The molecule has 94 valence electrons. The summed E-state index contributed by atoms with van der Waals surface area (Å²) < 4.78 is 10.1. The number of carbonyl (C=O) groups is 1. The van der Waals surface area contributed by atoms with Crippen molar-refractivity contribution >= 4 is 17.6 Å². The molecule has 16 heavy (non-hydrogen) atoms. The standard InChI is InChI=1S/C11H19ClO4/c1-4-5-10(14)16-11(9(3)13)15-7-6-8(2)12/h4-5,8-9,11,13H,6-7H2,1-3H3/b5-4+. The highest BCUT2D eigenvalue weighted by Crippen LogP contribution is 2.06. The first-order valence-electron chi connectivity index (χ1n) is 5.24. The zero-order valence-corrected chi connectivity index (χ0v) is 10.6. The van der Waals surface area contributed by atoms with Crippen LogP contribution < -0.4 is 0 Å². The Morgan fingerprint density at radius 3 is 2.56 bits per heavy atom. The molecule has 0 aromatic carbocycles. The summed E-state index contributed by atoms with van der Waals surface area (Å²) in [4.78, 5) is 11.1. The van der Waals surface area contributed by atoms with Crippen LogP contribution in [-0.2, 0) is 14.3 Å². The molecule has 0 rings (SSSR count). The van der Waals surface area contributed by atoms with Gasteiger partial charge in [-0.05, 0) is 27.2 Å². The average molecular weight is 251 g/mol. The van der Waals surface area contributed by atoms with Gasteiger partial charge in [-0.15, -0.1) is 11.6 Å². The second-order valence-corrected chi connectivity index (χ2v) is 4.23. The van der Waals surface area contributed by atoms with E-state index in [1.54, 1.807) is 13.0 Å². The first-order valence-corrected chi connectivity index (χ1v) is 5.68. The van der Waals surface area contributed by atoms with Crippen LogP contribution in [0.5, 0.6) is 0 Å². The molecule has 0 aromatic heterocycles. The Morgan fingerprint density at radius 1 is 1.50 bits per heavy atom. The van der Waals surface area contributed by atoms with Crippen molar-refractivity contribution in [2.45, 2.75) is 45.0 Å². The van der Waals surface area contributed by atoms with Crippen LogP contribution in [-0.4, -0.2) is 35.5 Å². The highest BCUT2D eigenvalue weighted by atomic mass is 35.5. The van der Waals surface area contributed by atoms with Crippen molar-refractivity contribution in [2.24, 2.45) is 0 Å². The number of hydrogen-bond acceptors (Lipinski definition) is 4. The van der Waals surface area contributed by atoms with Gasteiger partial charge in [0, 0.05) is 11.5 Å². The van der Waals surface area contributed by atoms with Crippen LogP contribution in [0.2, 0.25) is 0 Å². The number of esters is 1. The lowest BCUT2D eigenvalue weighted by Crippen LogP contribution is -2.32. The van der Waals surface area contributed by atoms with Crippen LogP contribution in [0.1, 0.15) is 27.2 Å². The van der Waals surface area contributed by atoms with Crippen LogP contribution in [0.4, 0.5) is 0 Å². The summed E-state index contributed by atoms with van der Waals surface area (Å²) in [7, 11) is 0. The third-order valence-electron chi connectivity index (χ3n) is 1.73. The SMILES string of the molecule is C/C=C/C(=O)OC(OCCC(C)Cl)C(C)O. The second-order valence-electron chi connectivity index (χ2n) is 3.49. The van der Waals surface area contributed by atoms with E-state index < -0.39 is 18.4 Å². The number of aliphatic hydroxyl groups excluding tert-OH is 1. The number of aliphatic hydroxyl groups is 1. The quantitative estimate of drug-likeness (QED) is 0.324. The normalized spacial score (nSPS) is 17.1. The molecule has 3 atom stereocenters. The van der Waals surface area contributed by atoms with E-state index >= 15 is 0 Å². The third-order valence-corrected chi connectivity index (χ3v) is 1.94. The Balaban J connectivity index is 4.02. The van der Waals surface area contributed by atoms with Crippen LogP contribution in [0.3, 0.4) is 0 Å². The smallest absolute Gasteiger partial charge is 0.332 e. The Morgan fingerprint density at radius 2 is 2.12 bits per heavy atom. The van der Waals surface area contributed by atoms with Crippen LogP contribution >= 0.6 is 11.6 Å². The van der Waals surface area contributed by atoms with Crippen molar-refractivity contribution in [3.63, 3.8) is 0 Å².